The molecule has 0 aliphatic carbocycles. The van der Waals surface area contributed by atoms with Gasteiger partial charge in [0.15, 0.2) is 17.7 Å². The maximum atomic E-state index is 12.6. The Balaban J connectivity index is 3.51. The molecule has 1 heterocycles. The summed E-state index contributed by atoms with van der Waals surface area (Å²) in [5, 5.41) is 0. The third-order valence-corrected chi connectivity index (χ3v) is 1.80. The first-order chi connectivity index (χ1) is 8.58. The van der Waals surface area contributed by atoms with Crippen LogP contribution in [0.15, 0.2) is 6.07 Å². The lowest BCUT2D eigenvalue weighted by molar-refractivity contribution is -0.276. The van der Waals surface area contributed by atoms with Gasteiger partial charge in [0.25, 0.3) is 0 Å². The number of pyridine rings is 1. The van der Waals surface area contributed by atoms with Gasteiger partial charge >= 0.3 is 12.5 Å². The molecule has 19 heavy (non-hydrogen) atoms. The van der Waals surface area contributed by atoms with Crippen molar-refractivity contribution in [2.24, 2.45) is 0 Å². The Morgan fingerprint density at radius 1 is 1.21 bits per heavy atom. The fraction of sp³-hybridized carbons (Fsp3) is 0.333. The van der Waals surface area contributed by atoms with Gasteiger partial charge < -0.3 is 9.47 Å². The van der Waals surface area contributed by atoms with Gasteiger partial charge in [-0.15, -0.1) is 13.2 Å². The molecule has 0 saturated heterocycles. The number of aromatic nitrogens is 1. The number of nitrogens with zero attached hydrogens (tertiary/aromatic N) is 1. The number of hydrogen-bond donors (Lipinski definition) is 0. The molecule has 0 N–H and O–H groups in total. The minimum absolute atomic E-state index is 0.222. The van der Waals surface area contributed by atoms with Crippen molar-refractivity contribution < 1.29 is 40.6 Å². The van der Waals surface area contributed by atoms with Crippen LogP contribution in [0.5, 0.6) is 11.6 Å². The SMILES string of the molecule is COc1cc(C=O)c(OC(F)(F)F)c(C(F)(F)F)n1. The Morgan fingerprint density at radius 2 is 1.79 bits per heavy atom. The van der Waals surface area contributed by atoms with Crippen LogP contribution in [0.3, 0.4) is 0 Å². The standard InChI is InChI=1S/C9H5F6NO3/c1-18-5-2-4(3-17)6(19-9(13,14)15)7(16-5)8(10,11)12/h2-3H,1H3. The van der Waals surface area contributed by atoms with Crippen LogP contribution in [0, 0.1) is 0 Å². The van der Waals surface area contributed by atoms with Crippen molar-refractivity contribution in [1.29, 1.82) is 0 Å². The number of ether oxygens (including phenoxy) is 2. The van der Waals surface area contributed by atoms with Gasteiger partial charge in [-0.1, -0.05) is 0 Å². The zero-order valence-corrected chi connectivity index (χ0v) is 9.09. The fourth-order valence-corrected chi connectivity index (χ4v) is 1.14. The molecule has 0 radical (unpaired) electrons. The highest BCUT2D eigenvalue weighted by atomic mass is 19.4. The van der Waals surface area contributed by atoms with Crippen molar-refractivity contribution in [2.75, 3.05) is 7.11 Å². The molecule has 106 valence electrons. The second-order valence-electron chi connectivity index (χ2n) is 3.09. The third kappa shape index (κ3) is 3.73. The predicted molar refractivity (Wildman–Crippen MR) is 47.9 cm³/mol. The van der Waals surface area contributed by atoms with E-state index in [2.05, 4.69) is 14.5 Å². The van der Waals surface area contributed by atoms with Gasteiger partial charge in [0.1, 0.15) is 0 Å². The van der Waals surface area contributed by atoms with E-state index >= 15 is 0 Å². The minimum Gasteiger partial charge on any atom is -0.481 e. The van der Waals surface area contributed by atoms with Crippen LogP contribution >= 0.6 is 0 Å². The normalized spacial score (nSPS) is 12.2. The van der Waals surface area contributed by atoms with Crippen LogP contribution in [0.1, 0.15) is 16.1 Å². The van der Waals surface area contributed by atoms with Gasteiger partial charge in [0.2, 0.25) is 5.88 Å². The number of methoxy groups -OCH3 is 1. The molecule has 0 spiro atoms. The molecule has 0 aromatic carbocycles. The molecular formula is C9H5F6NO3. The molecular weight excluding hydrogens is 284 g/mol. The van der Waals surface area contributed by atoms with Crippen molar-refractivity contribution in [3.05, 3.63) is 17.3 Å². The molecule has 0 amide bonds. The number of hydrogen-bond acceptors (Lipinski definition) is 4. The van der Waals surface area contributed by atoms with E-state index in [9.17, 15) is 31.1 Å². The highest BCUT2D eigenvalue weighted by Gasteiger charge is 2.42. The monoisotopic (exact) mass is 289 g/mol. The van der Waals surface area contributed by atoms with E-state index in [1.165, 1.54) is 0 Å². The Kier molecular flexibility index (Phi) is 3.91. The number of halogens is 6. The largest absolute Gasteiger partial charge is 0.573 e. The van der Waals surface area contributed by atoms with E-state index < -0.39 is 35.4 Å². The van der Waals surface area contributed by atoms with E-state index in [0.717, 1.165) is 7.11 Å². The first-order valence-electron chi connectivity index (χ1n) is 4.45. The van der Waals surface area contributed by atoms with Crippen molar-refractivity contribution in [3.8, 4) is 11.6 Å². The molecule has 1 aromatic heterocycles. The third-order valence-electron chi connectivity index (χ3n) is 1.80. The van der Waals surface area contributed by atoms with Crippen molar-refractivity contribution >= 4 is 6.29 Å². The van der Waals surface area contributed by atoms with E-state index in [1.807, 2.05) is 0 Å². The molecule has 0 saturated carbocycles. The lowest BCUT2D eigenvalue weighted by Crippen LogP contribution is -2.22. The minimum atomic E-state index is -5.39. The van der Waals surface area contributed by atoms with Crippen LogP contribution in [0.2, 0.25) is 0 Å². The van der Waals surface area contributed by atoms with Crippen LogP contribution in [-0.2, 0) is 6.18 Å². The quantitative estimate of drug-likeness (QED) is 0.634. The summed E-state index contributed by atoms with van der Waals surface area (Å²) in [5.74, 6) is -2.38. The molecule has 4 nitrogen and oxygen atoms in total. The van der Waals surface area contributed by atoms with E-state index in [1.54, 1.807) is 0 Å². The highest BCUT2D eigenvalue weighted by Crippen LogP contribution is 2.40. The summed E-state index contributed by atoms with van der Waals surface area (Å²) in [5.41, 5.74) is -2.97. The molecule has 0 aliphatic heterocycles. The predicted octanol–water partition coefficient (Wildman–Crippen LogP) is 2.82. The number of alkyl halides is 6. The zero-order valence-electron chi connectivity index (χ0n) is 9.09. The average Bonchev–Trinajstić information content (AvgIpc) is 2.25. The summed E-state index contributed by atoms with van der Waals surface area (Å²) in [6, 6.07) is 0.601. The van der Waals surface area contributed by atoms with Crippen LogP contribution in [0.25, 0.3) is 0 Å². The average molecular weight is 289 g/mol. The fourth-order valence-electron chi connectivity index (χ4n) is 1.14. The summed E-state index contributed by atoms with van der Waals surface area (Å²) in [6.45, 7) is 0. The summed E-state index contributed by atoms with van der Waals surface area (Å²) in [4.78, 5) is 13.4. The van der Waals surface area contributed by atoms with Crippen LogP contribution < -0.4 is 9.47 Å². The first-order valence-corrected chi connectivity index (χ1v) is 4.45. The lowest BCUT2D eigenvalue weighted by Gasteiger charge is -2.16. The number of aldehydes is 1. The Bertz CT molecular complexity index is 482. The molecule has 0 unspecified atom stereocenters. The second-order valence-corrected chi connectivity index (χ2v) is 3.09. The van der Waals surface area contributed by atoms with Crippen molar-refractivity contribution in [3.63, 3.8) is 0 Å². The van der Waals surface area contributed by atoms with Gasteiger partial charge in [0, 0.05) is 6.07 Å². The van der Waals surface area contributed by atoms with Gasteiger partial charge in [-0.25, -0.2) is 4.98 Å². The molecule has 1 aromatic rings. The molecule has 0 aliphatic rings. The highest BCUT2D eigenvalue weighted by molar-refractivity contribution is 5.80. The van der Waals surface area contributed by atoms with Gasteiger partial charge in [0.05, 0.1) is 12.7 Å². The summed E-state index contributed by atoms with van der Waals surface area (Å²) < 4.78 is 81.4. The molecule has 0 atom stereocenters. The second kappa shape index (κ2) is 4.94. The van der Waals surface area contributed by atoms with Crippen molar-refractivity contribution in [1.82, 2.24) is 4.98 Å². The summed E-state index contributed by atoms with van der Waals surface area (Å²) in [6.07, 6.45) is -10.9. The smallest absolute Gasteiger partial charge is 0.481 e. The molecule has 1 rings (SSSR count). The Labute approximate surface area is 101 Å². The maximum absolute atomic E-state index is 12.6. The van der Waals surface area contributed by atoms with Gasteiger partial charge in [-0.3, -0.25) is 4.79 Å². The maximum Gasteiger partial charge on any atom is 0.573 e. The van der Waals surface area contributed by atoms with Crippen LogP contribution in [0.4, 0.5) is 26.3 Å². The van der Waals surface area contributed by atoms with Gasteiger partial charge in [-0.2, -0.15) is 13.2 Å². The van der Waals surface area contributed by atoms with E-state index in [0.29, 0.717) is 6.07 Å². The number of carbonyl (C=O) groups excluding carboxylic acids is 1. The molecule has 10 heteroatoms. The lowest BCUT2D eigenvalue weighted by atomic mass is 10.2. The summed E-state index contributed by atoms with van der Waals surface area (Å²) in [7, 11) is 0.946. The number of rotatable bonds is 3. The number of carbonyl (C=O) groups is 1. The molecule has 0 fully saturated rings. The zero-order chi connectivity index (χ0) is 14.8. The molecule has 0 bridgehead atoms. The Hall–Kier alpha value is -2.00. The topological polar surface area (TPSA) is 48.4 Å². The van der Waals surface area contributed by atoms with E-state index in [-0.39, 0.29) is 6.29 Å². The van der Waals surface area contributed by atoms with E-state index in [4.69, 9.17) is 0 Å². The van der Waals surface area contributed by atoms with Crippen LogP contribution in [-0.4, -0.2) is 24.7 Å². The van der Waals surface area contributed by atoms with Crippen molar-refractivity contribution in [2.45, 2.75) is 12.5 Å². The van der Waals surface area contributed by atoms with Gasteiger partial charge in [-0.05, 0) is 0 Å². The Morgan fingerprint density at radius 3 is 2.16 bits per heavy atom. The summed E-state index contributed by atoms with van der Waals surface area (Å²) >= 11 is 0. The first kappa shape index (κ1) is 15.1.